The summed E-state index contributed by atoms with van der Waals surface area (Å²) >= 11 is 0. The molecule has 2 heterocycles. The number of sulfonamides is 1. The SMILES string of the molecule is CC(=O)N1CCCc2cc(S(=O)(=O)NC3CCOCC3)ccc21. The zero-order valence-corrected chi connectivity index (χ0v) is 14.1. The normalized spacial score (nSPS) is 19.4. The lowest BCUT2D eigenvalue weighted by molar-refractivity contribution is -0.116. The number of nitrogens with zero attached hydrogens (tertiary/aromatic N) is 1. The lowest BCUT2D eigenvalue weighted by Crippen LogP contribution is -2.39. The van der Waals surface area contributed by atoms with Crippen LogP contribution in [0.15, 0.2) is 23.1 Å². The molecule has 1 fully saturated rings. The van der Waals surface area contributed by atoms with E-state index in [2.05, 4.69) is 4.72 Å². The summed E-state index contributed by atoms with van der Waals surface area (Å²) in [6.07, 6.45) is 3.04. The van der Waals surface area contributed by atoms with Crippen molar-refractivity contribution in [3.8, 4) is 0 Å². The number of amides is 1. The van der Waals surface area contributed by atoms with Gasteiger partial charge in [0.25, 0.3) is 0 Å². The van der Waals surface area contributed by atoms with Crippen LogP contribution < -0.4 is 9.62 Å². The molecule has 0 unspecified atom stereocenters. The number of rotatable bonds is 3. The Balaban J connectivity index is 1.84. The number of benzene rings is 1. The zero-order chi connectivity index (χ0) is 16.4. The molecule has 0 aliphatic carbocycles. The Morgan fingerprint density at radius 3 is 2.74 bits per heavy atom. The van der Waals surface area contributed by atoms with Crippen molar-refractivity contribution in [2.75, 3.05) is 24.7 Å². The maximum absolute atomic E-state index is 12.6. The fourth-order valence-electron chi connectivity index (χ4n) is 3.17. The van der Waals surface area contributed by atoms with Crippen LogP contribution in [0.2, 0.25) is 0 Å². The van der Waals surface area contributed by atoms with E-state index in [1.54, 1.807) is 23.1 Å². The number of carbonyl (C=O) groups is 1. The van der Waals surface area contributed by atoms with Gasteiger partial charge in [0.1, 0.15) is 0 Å². The first kappa shape index (κ1) is 16.4. The molecule has 0 saturated carbocycles. The van der Waals surface area contributed by atoms with E-state index < -0.39 is 10.0 Å². The van der Waals surface area contributed by atoms with Gasteiger partial charge in [-0.3, -0.25) is 4.79 Å². The molecule has 2 aliphatic heterocycles. The molecule has 1 amide bonds. The van der Waals surface area contributed by atoms with Gasteiger partial charge in [0.15, 0.2) is 0 Å². The second-order valence-corrected chi connectivity index (χ2v) is 7.79. The average Bonchev–Trinajstić information content (AvgIpc) is 2.54. The summed E-state index contributed by atoms with van der Waals surface area (Å²) in [6, 6.07) is 4.96. The number of fused-ring (bicyclic) bond motifs is 1. The molecule has 1 saturated heterocycles. The fraction of sp³-hybridized carbons (Fsp3) is 0.562. The van der Waals surface area contributed by atoms with Crippen LogP contribution in [0, 0.1) is 0 Å². The topological polar surface area (TPSA) is 75.7 Å². The summed E-state index contributed by atoms with van der Waals surface area (Å²) < 4.78 is 33.2. The van der Waals surface area contributed by atoms with Crippen LogP contribution in [-0.2, 0) is 26.0 Å². The molecule has 7 heteroatoms. The molecule has 1 aromatic rings. The van der Waals surface area contributed by atoms with Gasteiger partial charge in [-0.15, -0.1) is 0 Å². The minimum Gasteiger partial charge on any atom is -0.381 e. The van der Waals surface area contributed by atoms with Crippen molar-refractivity contribution >= 4 is 21.6 Å². The van der Waals surface area contributed by atoms with Crippen LogP contribution in [0.1, 0.15) is 31.7 Å². The van der Waals surface area contributed by atoms with Gasteiger partial charge in [-0.1, -0.05) is 0 Å². The number of ether oxygens (including phenoxy) is 1. The molecule has 1 N–H and O–H groups in total. The molecule has 126 valence electrons. The molecular formula is C16H22N2O4S. The predicted octanol–water partition coefficient (Wildman–Crippen LogP) is 1.44. The highest BCUT2D eigenvalue weighted by atomic mass is 32.2. The number of hydrogen-bond donors (Lipinski definition) is 1. The van der Waals surface area contributed by atoms with E-state index in [1.807, 2.05) is 0 Å². The molecule has 23 heavy (non-hydrogen) atoms. The lowest BCUT2D eigenvalue weighted by Gasteiger charge is -2.29. The van der Waals surface area contributed by atoms with E-state index in [9.17, 15) is 13.2 Å². The van der Waals surface area contributed by atoms with Crippen molar-refractivity contribution in [2.24, 2.45) is 0 Å². The largest absolute Gasteiger partial charge is 0.381 e. The van der Waals surface area contributed by atoms with E-state index in [0.29, 0.717) is 32.6 Å². The van der Waals surface area contributed by atoms with Gasteiger partial charge in [0.05, 0.1) is 4.90 Å². The first-order chi connectivity index (χ1) is 11.0. The Hall–Kier alpha value is -1.44. The van der Waals surface area contributed by atoms with Crippen molar-refractivity contribution in [3.05, 3.63) is 23.8 Å². The van der Waals surface area contributed by atoms with Crippen LogP contribution in [0.25, 0.3) is 0 Å². The van der Waals surface area contributed by atoms with Crippen LogP contribution in [0.4, 0.5) is 5.69 Å². The molecule has 1 aromatic carbocycles. The highest BCUT2D eigenvalue weighted by Gasteiger charge is 2.25. The Morgan fingerprint density at radius 1 is 1.30 bits per heavy atom. The standard InChI is InChI=1S/C16H22N2O4S/c1-12(19)18-8-2-3-13-11-15(4-5-16(13)18)23(20,21)17-14-6-9-22-10-7-14/h4-5,11,14,17H,2-3,6-10H2,1H3. The van der Waals surface area contributed by atoms with Crippen molar-refractivity contribution < 1.29 is 17.9 Å². The zero-order valence-electron chi connectivity index (χ0n) is 13.2. The Kier molecular flexibility index (Phi) is 4.70. The third-order valence-electron chi connectivity index (χ3n) is 4.40. The van der Waals surface area contributed by atoms with Gasteiger partial charge in [-0.2, -0.15) is 0 Å². The summed E-state index contributed by atoms with van der Waals surface area (Å²) in [5.41, 5.74) is 1.75. The van der Waals surface area contributed by atoms with Gasteiger partial charge in [-0.25, -0.2) is 13.1 Å². The third kappa shape index (κ3) is 3.57. The van der Waals surface area contributed by atoms with Gasteiger partial charge in [0, 0.05) is 38.4 Å². The average molecular weight is 338 g/mol. The quantitative estimate of drug-likeness (QED) is 0.905. The summed E-state index contributed by atoms with van der Waals surface area (Å²) in [5.74, 6) is -0.0121. The highest BCUT2D eigenvalue weighted by molar-refractivity contribution is 7.89. The molecule has 0 bridgehead atoms. The predicted molar refractivity (Wildman–Crippen MR) is 87.0 cm³/mol. The maximum Gasteiger partial charge on any atom is 0.240 e. The van der Waals surface area contributed by atoms with Crippen molar-refractivity contribution in [1.82, 2.24) is 4.72 Å². The van der Waals surface area contributed by atoms with Crippen LogP contribution in [0.3, 0.4) is 0 Å². The first-order valence-electron chi connectivity index (χ1n) is 7.98. The second-order valence-electron chi connectivity index (χ2n) is 6.07. The van der Waals surface area contributed by atoms with Gasteiger partial charge in [0.2, 0.25) is 15.9 Å². The van der Waals surface area contributed by atoms with Gasteiger partial charge >= 0.3 is 0 Å². The van der Waals surface area contributed by atoms with Crippen molar-refractivity contribution in [2.45, 2.75) is 43.5 Å². The fourth-order valence-corrected chi connectivity index (χ4v) is 4.53. The summed E-state index contributed by atoms with van der Waals surface area (Å²) in [5, 5.41) is 0. The minimum absolute atomic E-state index is 0.0121. The number of nitrogens with one attached hydrogen (secondary N) is 1. The number of aryl methyl sites for hydroxylation is 1. The summed E-state index contributed by atoms with van der Waals surface area (Å²) in [4.78, 5) is 13.7. The summed E-state index contributed by atoms with van der Waals surface area (Å²) in [6.45, 7) is 3.40. The van der Waals surface area contributed by atoms with Crippen LogP contribution in [0.5, 0.6) is 0 Å². The van der Waals surface area contributed by atoms with Crippen molar-refractivity contribution in [1.29, 1.82) is 0 Å². The molecule has 0 radical (unpaired) electrons. The Labute approximate surface area is 136 Å². The van der Waals surface area contributed by atoms with E-state index in [-0.39, 0.29) is 16.8 Å². The number of anilines is 1. The van der Waals surface area contributed by atoms with E-state index in [0.717, 1.165) is 24.1 Å². The number of hydrogen-bond acceptors (Lipinski definition) is 4. The minimum atomic E-state index is -3.54. The highest BCUT2D eigenvalue weighted by Crippen LogP contribution is 2.29. The molecule has 0 spiro atoms. The van der Waals surface area contributed by atoms with E-state index >= 15 is 0 Å². The molecule has 0 aromatic heterocycles. The third-order valence-corrected chi connectivity index (χ3v) is 5.92. The Morgan fingerprint density at radius 2 is 2.04 bits per heavy atom. The smallest absolute Gasteiger partial charge is 0.240 e. The van der Waals surface area contributed by atoms with Crippen LogP contribution in [-0.4, -0.2) is 40.1 Å². The van der Waals surface area contributed by atoms with Crippen LogP contribution >= 0.6 is 0 Å². The van der Waals surface area contributed by atoms with Gasteiger partial charge in [-0.05, 0) is 49.4 Å². The summed E-state index contributed by atoms with van der Waals surface area (Å²) in [7, 11) is -3.54. The van der Waals surface area contributed by atoms with E-state index in [1.165, 1.54) is 6.92 Å². The maximum atomic E-state index is 12.6. The molecule has 0 atom stereocenters. The number of carbonyl (C=O) groups excluding carboxylic acids is 1. The molecule has 3 rings (SSSR count). The first-order valence-corrected chi connectivity index (χ1v) is 9.47. The molecule has 2 aliphatic rings. The van der Waals surface area contributed by atoms with E-state index in [4.69, 9.17) is 4.74 Å². The van der Waals surface area contributed by atoms with Gasteiger partial charge < -0.3 is 9.64 Å². The monoisotopic (exact) mass is 338 g/mol. The molecular weight excluding hydrogens is 316 g/mol. The Bertz CT molecular complexity index is 696. The molecule has 6 nitrogen and oxygen atoms in total. The second kappa shape index (κ2) is 6.59. The lowest BCUT2D eigenvalue weighted by atomic mass is 10.0. The van der Waals surface area contributed by atoms with Crippen molar-refractivity contribution in [3.63, 3.8) is 0 Å².